The first kappa shape index (κ1) is 31.1. The Morgan fingerprint density at radius 2 is 1.11 bits per heavy atom. The van der Waals surface area contributed by atoms with Gasteiger partial charge in [0, 0.05) is 49.4 Å². The molecule has 4 aromatic heterocycles. The van der Waals surface area contributed by atoms with Crippen molar-refractivity contribution in [3.63, 3.8) is 0 Å². The second kappa shape index (κ2) is 14.9. The topological polar surface area (TPSA) is 120 Å². The van der Waals surface area contributed by atoms with Gasteiger partial charge in [0.1, 0.15) is 21.3 Å². The molecule has 0 atom stereocenters. The van der Waals surface area contributed by atoms with Crippen molar-refractivity contribution in [1.82, 2.24) is 44.5 Å². The molecule has 0 aliphatic carbocycles. The van der Waals surface area contributed by atoms with E-state index in [1.165, 1.54) is 10.6 Å². The molecule has 2 fully saturated rings. The van der Waals surface area contributed by atoms with Crippen LogP contribution in [-0.4, -0.2) is 91.8 Å². The molecule has 6 aromatic rings. The maximum atomic E-state index is 6.15. The van der Waals surface area contributed by atoms with E-state index in [-0.39, 0.29) is 0 Å². The lowest BCUT2D eigenvalue weighted by atomic mass is 10.2. The number of hydrogen-bond acceptors (Lipinski definition) is 10. The molecule has 12 nitrogen and oxygen atoms in total. The third-order valence-electron chi connectivity index (χ3n) is 6.74. The summed E-state index contributed by atoms with van der Waals surface area (Å²) in [4.78, 5) is 19.3. The van der Waals surface area contributed by atoms with E-state index >= 15 is 0 Å². The van der Waals surface area contributed by atoms with Gasteiger partial charge in [-0.1, -0.05) is 95.5 Å². The fourth-order valence-corrected chi connectivity index (χ4v) is 5.21. The zero-order valence-corrected chi connectivity index (χ0v) is 26.3. The standard InChI is InChI=1S/C15H14ClN5O.C11H6Cl2N4.C4H9NO/c16-12-10-13(20-6-8-22-9-7-20)21-15(17-12)18-14(19-21)11-4-2-1-3-5-11;12-8-6-9(13)17-11(14-8)15-10(16-17)7-4-2-1-3-5-7;1-3-6-4-2-5-1/h1-5,10H,6-9H2;1-6H;5H,1-4H2. The van der Waals surface area contributed by atoms with Crippen LogP contribution in [-0.2, 0) is 9.47 Å². The average Bonchev–Trinajstić information content (AvgIpc) is 3.72. The summed E-state index contributed by atoms with van der Waals surface area (Å²) < 4.78 is 13.6. The van der Waals surface area contributed by atoms with Crippen molar-refractivity contribution < 1.29 is 9.47 Å². The first-order valence-electron chi connectivity index (χ1n) is 14.3. The van der Waals surface area contributed by atoms with Crippen molar-refractivity contribution in [2.24, 2.45) is 0 Å². The van der Waals surface area contributed by atoms with Gasteiger partial charge < -0.3 is 19.7 Å². The van der Waals surface area contributed by atoms with Crippen LogP contribution in [0.15, 0.2) is 72.8 Å². The predicted molar refractivity (Wildman–Crippen MR) is 174 cm³/mol. The lowest BCUT2D eigenvalue weighted by Gasteiger charge is -2.28. The molecule has 0 amide bonds. The number of anilines is 1. The Morgan fingerprint density at radius 3 is 1.64 bits per heavy atom. The number of nitrogens with one attached hydrogen (secondary N) is 1. The highest BCUT2D eigenvalue weighted by Gasteiger charge is 2.18. The molecule has 15 heteroatoms. The molecule has 0 spiro atoms. The molecule has 0 saturated carbocycles. The molecule has 0 radical (unpaired) electrons. The van der Waals surface area contributed by atoms with Crippen LogP contribution in [0.1, 0.15) is 0 Å². The summed E-state index contributed by atoms with van der Waals surface area (Å²) in [6.45, 7) is 6.83. The maximum absolute atomic E-state index is 6.15. The van der Waals surface area contributed by atoms with E-state index in [1.807, 2.05) is 66.7 Å². The molecule has 232 valence electrons. The van der Waals surface area contributed by atoms with Gasteiger partial charge in [0.25, 0.3) is 11.6 Å². The summed E-state index contributed by atoms with van der Waals surface area (Å²) in [7, 11) is 0. The Labute approximate surface area is 273 Å². The molecule has 1 N–H and O–H groups in total. The molecule has 2 aliphatic heterocycles. The zero-order valence-electron chi connectivity index (χ0n) is 24.1. The third kappa shape index (κ3) is 7.85. The molecule has 2 aromatic carbocycles. The molecule has 2 aliphatic rings. The average molecular weight is 668 g/mol. The van der Waals surface area contributed by atoms with Gasteiger partial charge in [-0.2, -0.15) is 29.0 Å². The number of morpholine rings is 2. The van der Waals surface area contributed by atoms with Crippen LogP contribution in [0.2, 0.25) is 15.5 Å². The number of halogens is 3. The van der Waals surface area contributed by atoms with Crippen molar-refractivity contribution in [2.75, 3.05) is 57.5 Å². The molecule has 0 unspecified atom stereocenters. The lowest BCUT2D eigenvalue weighted by molar-refractivity contribution is 0.109. The highest BCUT2D eigenvalue weighted by atomic mass is 35.5. The number of rotatable bonds is 3. The molecule has 0 bridgehead atoms. The SMILES string of the molecule is C1COCCN1.Clc1cc(Cl)n2nc(-c3ccccc3)nc2n1.Clc1cc(N2CCOCC2)n2nc(-c3ccccc3)nc2n1. The van der Waals surface area contributed by atoms with E-state index in [4.69, 9.17) is 44.3 Å². The lowest BCUT2D eigenvalue weighted by Crippen LogP contribution is -2.37. The van der Waals surface area contributed by atoms with Crippen molar-refractivity contribution in [3.05, 3.63) is 88.3 Å². The molecule has 2 saturated heterocycles. The Balaban J connectivity index is 0.000000137. The van der Waals surface area contributed by atoms with Gasteiger partial charge in [-0.3, -0.25) is 0 Å². The Morgan fingerprint density at radius 1 is 0.600 bits per heavy atom. The summed E-state index contributed by atoms with van der Waals surface area (Å²) in [5, 5.41) is 13.1. The van der Waals surface area contributed by atoms with Gasteiger partial charge in [0.15, 0.2) is 11.6 Å². The van der Waals surface area contributed by atoms with Crippen LogP contribution in [0, 0.1) is 0 Å². The van der Waals surface area contributed by atoms with Crippen LogP contribution >= 0.6 is 34.8 Å². The van der Waals surface area contributed by atoms with E-state index in [0.29, 0.717) is 51.9 Å². The van der Waals surface area contributed by atoms with Gasteiger partial charge >= 0.3 is 0 Å². The summed E-state index contributed by atoms with van der Waals surface area (Å²) in [5.41, 5.74) is 1.86. The molecule has 6 heterocycles. The van der Waals surface area contributed by atoms with Crippen LogP contribution in [0.3, 0.4) is 0 Å². The molecular formula is C30H29Cl3N10O2. The summed E-state index contributed by atoms with van der Waals surface area (Å²) in [6, 6.07) is 22.8. The van der Waals surface area contributed by atoms with Gasteiger partial charge in [-0.15, -0.1) is 10.2 Å². The van der Waals surface area contributed by atoms with Crippen molar-refractivity contribution >= 4 is 52.2 Å². The van der Waals surface area contributed by atoms with Crippen LogP contribution < -0.4 is 10.2 Å². The normalized spacial score (nSPS) is 14.9. The van der Waals surface area contributed by atoms with Gasteiger partial charge in [-0.25, -0.2) is 0 Å². The fourth-order valence-electron chi connectivity index (χ4n) is 4.58. The monoisotopic (exact) mass is 666 g/mol. The number of fused-ring (bicyclic) bond motifs is 2. The number of benzene rings is 2. The fraction of sp³-hybridized carbons (Fsp3) is 0.267. The number of hydrogen-bond donors (Lipinski definition) is 1. The van der Waals surface area contributed by atoms with E-state index in [0.717, 1.165) is 56.3 Å². The summed E-state index contributed by atoms with van der Waals surface area (Å²) >= 11 is 17.9. The van der Waals surface area contributed by atoms with Crippen LogP contribution in [0.4, 0.5) is 5.82 Å². The van der Waals surface area contributed by atoms with Crippen LogP contribution in [0.25, 0.3) is 34.3 Å². The van der Waals surface area contributed by atoms with Gasteiger partial charge in [-0.05, 0) is 0 Å². The molecule has 8 rings (SSSR count). The Hall–Kier alpha value is -3.91. The minimum atomic E-state index is 0.300. The largest absolute Gasteiger partial charge is 0.379 e. The second-order valence-electron chi connectivity index (χ2n) is 9.83. The van der Waals surface area contributed by atoms with Crippen molar-refractivity contribution in [3.8, 4) is 22.8 Å². The first-order chi connectivity index (χ1) is 22.0. The number of ether oxygens (including phenoxy) is 2. The van der Waals surface area contributed by atoms with E-state index < -0.39 is 0 Å². The Bertz CT molecular complexity index is 1830. The smallest absolute Gasteiger partial charge is 0.256 e. The van der Waals surface area contributed by atoms with Crippen molar-refractivity contribution in [1.29, 1.82) is 0 Å². The van der Waals surface area contributed by atoms with E-state index in [9.17, 15) is 0 Å². The quantitative estimate of drug-likeness (QED) is 0.259. The zero-order chi connectivity index (χ0) is 31.0. The Kier molecular flexibility index (Phi) is 10.3. The second-order valence-corrected chi connectivity index (χ2v) is 11.0. The summed E-state index contributed by atoms with van der Waals surface area (Å²) in [6.07, 6.45) is 0. The van der Waals surface area contributed by atoms with Crippen molar-refractivity contribution in [2.45, 2.75) is 0 Å². The first-order valence-corrected chi connectivity index (χ1v) is 15.4. The van der Waals surface area contributed by atoms with E-state index in [1.54, 1.807) is 4.52 Å². The summed E-state index contributed by atoms with van der Waals surface area (Å²) in [5.74, 6) is 3.01. The molecular weight excluding hydrogens is 639 g/mol. The third-order valence-corrected chi connectivity index (χ3v) is 7.40. The maximum Gasteiger partial charge on any atom is 0.256 e. The van der Waals surface area contributed by atoms with E-state index in [2.05, 4.69) is 40.3 Å². The minimum Gasteiger partial charge on any atom is -0.379 e. The van der Waals surface area contributed by atoms with Crippen LogP contribution in [0.5, 0.6) is 0 Å². The molecule has 45 heavy (non-hydrogen) atoms. The predicted octanol–water partition coefficient (Wildman–Crippen LogP) is 4.99. The van der Waals surface area contributed by atoms with Gasteiger partial charge in [0.2, 0.25) is 0 Å². The number of aromatic nitrogens is 8. The highest BCUT2D eigenvalue weighted by molar-refractivity contribution is 6.33. The number of nitrogens with zero attached hydrogens (tertiary/aromatic N) is 9. The highest BCUT2D eigenvalue weighted by Crippen LogP contribution is 2.23. The minimum absolute atomic E-state index is 0.300. The van der Waals surface area contributed by atoms with Gasteiger partial charge in [0.05, 0.1) is 26.4 Å².